The van der Waals surface area contributed by atoms with Crippen LogP contribution in [-0.2, 0) is 6.61 Å². The van der Waals surface area contributed by atoms with Crippen molar-refractivity contribution in [1.29, 1.82) is 0 Å². The molecule has 74 valence electrons. The van der Waals surface area contributed by atoms with Crippen molar-refractivity contribution >= 4 is 19.0 Å². The van der Waals surface area contributed by atoms with Gasteiger partial charge in [0.25, 0.3) is 0 Å². The molecule has 1 fully saturated rings. The molecule has 1 N–H and O–H groups in total. The van der Waals surface area contributed by atoms with Crippen LogP contribution in [0.3, 0.4) is 0 Å². The van der Waals surface area contributed by atoms with Gasteiger partial charge in [0.1, 0.15) is 13.5 Å². The highest BCUT2D eigenvalue weighted by atomic mass is 16.3. The summed E-state index contributed by atoms with van der Waals surface area (Å²) in [5.74, 6) is 0.677. The molecule has 0 aromatic carbocycles. The molecule has 0 atom stereocenters. The van der Waals surface area contributed by atoms with Crippen LogP contribution in [0.2, 0.25) is 0 Å². The predicted octanol–water partition coefficient (Wildman–Crippen LogP) is 0.498. The molecule has 2 aromatic heterocycles. The molecule has 0 saturated heterocycles. The van der Waals surface area contributed by atoms with E-state index in [1.165, 1.54) is 18.4 Å². The molecule has 0 aliphatic heterocycles. The van der Waals surface area contributed by atoms with E-state index in [1.54, 1.807) is 0 Å². The van der Waals surface area contributed by atoms with E-state index in [-0.39, 0.29) is 6.61 Å². The van der Waals surface area contributed by atoms with Crippen LogP contribution in [0, 0.1) is 0 Å². The molecule has 2 aromatic rings. The van der Waals surface area contributed by atoms with Crippen LogP contribution >= 0.6 is 0 Å². The molecule has 0 spiro atoms. The number of rotatable bonds is 2. The Balaban J connectivity index is 2.20. The smallest absolute Gasteiger partial charge is 0.129 e. The first-order chi connectivity index (χ1) is 7.28. The van der Waals surface area contributed by atoms with E-state index >= 15 is 0 Å². The number of aromatic nitrogens is 2. The topological polar surface area (TPSA) is 37.5 Å². The van der Waals surface area contributed by atoms with Crippen molar-refractivity contribution < 1.29 is 5.11 Å². The maximum absolute atomic E-state index is 9.00. The minimum atomic E-state index is -0.0418. The molecular weight excluding hydrogens is 187 g/mol. The monoisotopic (exact) mass is 198 g/mol. The van der Waals surface area contributed by atoms with Gasteiger partial charge in [-0.2, -0.15) is 0 Å². The second kappa shape index (κ2) is 3.10. The predicted molar refractivity (Wildman–Crippen MR) is 58.5 cm³/mol. The molecule has 1 saturated carbocycles. The van der Waals surface area contributed by atoms with Gasteiger partial charge in [0.05, 0.1) is 12.3 Å². The summed E-state index contributed by atoms with van der Waals surface area (Å²) in [6.07, 6.45) is 6.41. The molecule has 0 unspecified atom stereocenters. The first-order valence-corrected chi connectivity index (χ1v) is 5.16. The van der Waals surface area contributed by atoms with Crippen molar-refractivity contribution in [2.24, 2.45) is 0 Å². The summed E-state index contributed by atoms with van der Waals surface area (Å²) in [6.45, 7) is -0.0418. The van der Waals surface area contributed by atoms with E-state index in [2.05, 4.69) is 11.2 Å². The normalized spacial score (nSPS) is 16.1. The van der Waals surface area contributed by atoms with Gasteiger partial charge in [0, 0.05) is 12.4 Å². The van der Waals surface area contributed by atoms with Crippen LogP contribution < -0.4 is 5.46 Å². The molecule has 4 heteroatoms. The van der Waals surface area contributed by atoms with Gasteiger partial charge in [-0.25, -0.2) is 4.98 Å². The quantitative estimate of drug-likeness (QED) is 0.713. The Morgan fingerprint density at radius 1 is 1.47 bits per heavy atom. The summed E-state index contributed by atoms with van der Waals surface area (Å²) in [5, 5.41) is 9.00. The fraction of sp³-hybridized carbons (Fsp3) is 0.364. The van der Waals surface area contributed by atoms with E-state index in [0.29, 0.717) is 17.1 Å². The summed E-state index contributed by atoms with van der Waals surface area (Å²) in [6, 6.07) is 2.00. The van der Waals surface area contributed by atoms with Crippen LogP contribution in [-0.4, -0.2) is 22.3 Å². The van der Waals surface area contributed by atoms with E-state index in [9.17, 15) is 0 Å². The van der Waals surface area contributed by atoms with Crippen molar-refractivity contribution in [3.8, 4) is 0 Å². The summed E-state index contributed by atoms with van der Waals surface area (Å²) in [7, 11) is 5.93. The minimum Gasteiger partial charge on any atom is -0.390 e. The lowest BCUT2D eigenvalue weighted by molar-refractivity contribution is 0.277. The van der Waals surface area contributed by atoms with Crippen molar-refractivity contribution in [3.05, 3.63) is 29.7 Å². The zero-order chi connectivity index (χ0) is 10.4. The second-order valence-corrected chi connectivity index (χ2v) is 4.12. The van der Waals surface area contributed by atoms with Crippen molar-refractivity contribution in [3.63, 3.8) is 0 Å². The zero-order valence-corrected chi connectivity index (χ0v) is 8.35. The third-order valence-corrected chi connectivity index (χ3v) is 2.86. The van der Waals surface area contributed by atoms with E-state index < -0.39 is 0 Å². The highest BCUT2D eigenvalue weighted by Crippen LogP contribution is 2.39. The first kappa shape index (κ1) is 8.98. The third kappa shape index (κ3) is 1.45. The lowest BCUT2D eigenvalue weighted by atomic mass is 9.95. The van der Waals surface area contributed by atoms with Gasteiger partial charge >= 0.3 is 0 Å². The zero-order valence-electron chi connectivity index (χ0n) is 8.35. The minimum absolute atomic E-state index is 0.0418. The average Bonchev–Trinajstić information content (AvgIpc) is 2.98. The van der Waals surface area contributed by atoms with E-state index in [4.69, 9.17) is 13.0 Å². The van der Waals surface area contributed by atoms with E-state index in [0.717, 1.165) is 5.65 Å². The fourth-order valence-corrected chi connectivity index (χ4v) is 1.91. The van der Waals surface area contributed by atoms with Gasteiger partial charge in [-0.15, -0.1) is 0 Å². The molecule has 15 heavy (non-hydrogen) atoms. The van der Waals surface area contributed by atoms with Gasteiger partial charge in [0.2, 0.25) is 0 Å². The molecular formula is C11H11BN2O. The SMILES string of the molecule is [B]c1cc(C2CC2)cn2cc(CO)nc12. The Bertz CT molecular complexity index is 517. The molecule has 1 aliphatic rings. The van der Waals surface area contributed by atoms with Gasteiger partial charge in [0.15, 0.2) is 0 Å². The number of pyridine rings is 1. The molecule has 2 radical (unpaired) electrons. The van der Waals surface area contributed by atoms with Crippen LogP contribution in [0.4, 0.5) is 0 Å². The highest BCUT2D eigenvalue weighted by molar-refractivity contribution is 6.36. The first-order valence-electron chi connectivity index (χ1n) is 5.16. The van der Waals surface area contributed by atoms with Gasteiger partial charge in [-0.1, -0.05) is 11.5 Å². The van der Waals surface area contributed by atoms with Gasteiger partial charge < -0.3 is 9.51 Å². The maximum atomic E-state index is 9.00. The highest BCUT2D eigenvalue weighted by Gasteiger charge is 2.24. The van der Waals surface area contributed by atoms with Crippen LogP contribution in [0.15, 0.2) is 18.5 Å². The summed E-state index contributed by atoms with van der Waals surface area (Å²) in [4.78, 5) is 4.24. The third-order valence-electron chi connectivity index (χ3n) is 2.86. The Morgan fingerprint density at radius 3 is 2.93 bits per heavy atom. The summed E-state index contributed by atoms with van der Waals surface area (Å²) >= 11 is 0. The number of aliphatic hydroxyl groups is 1. The van der Waals surface area contributed by atoms with E-state index in [1.807, 2.05) is 16.7 Å². The summed E-state index contributed by atoms with van der Waals surface area (Å²) < 4.78 is 1.91. The van der Waals surface area contributed by atoms with Gasteiger partial charge in [-0.3, -0.25) is 0 Å². The molecule has 3 rings (SSSR count). The lowest BCUT2D eigenvalue weighted by Gasteiger charge is -2.03. The molecule has 0 bridgehead atoms. The number of hydrogen-bond acceptors (Lipinski definition) is 2. The lowest BCUT2D eigenvalue weighted by Crippen LogP contribution is -2.09. The number of imidazole rings is 1. The molecule has 3 nitrogen and oxygen atoms in total. The standard InChI is InChI=1S/C11H11BN2O/c12-10-3-8(7-1-2-7)4-14-5-9(6-15)13-11(10)14/h3-5,7,15H,1-2,6H2. The molecule has 1 aliphatic carbocycles. The number of hydrogen-bond donors (Lipinski definition) is 1. The Kier molecular flexibility index (Phi) is 1.86. The van der Waals surface area contributed by atoms with Crippen molar-refractivity contribution in [1.82, 2.24) is 9.38 Å². The Morgan fingerprint density at radius 2 is 2.27 bits per heavy atom. The van der Waals surface area contributed by atoms with Crippen LogP contribution in [0.5, 0.6) is 0 Å². The molecule has 2 heterocycles. The fourth-order valence-electron chi connectivity index (χ4n) is 1.91. The maximum Gasteiger partial charge on any atom is 0.129 e. The Labute approximate surface area is 89.2 Å². The number of fused-ring (bicyclic) bond motifs is 1. The van der Waals surface area contributed by atoms with Crippen molar-refractivity contribution in [2.45, 2.75) is 25.4 Å². The Hall–Kier alpha value is -1.29. The molecule has 0 amide bonds. The second-order valence-electron chi connectivity index (χ2n) is 4.12. The number of aliphatic hydroxyl groups excluding tert-OH is 1. The average molecular weight is 198 g/mol. The number of nitrogens with zero attached hydrogens (tertiary/aromatic N) is 2. The van der Waals surface area contributed by atoms with Crippen molar-refractivity contribution in [2.75, 3.05) is 0 Å². The van der Waals surface area contributed by atoms with Crippen LogP contribution in [0.25, 0.3) is 5.65 Å². The van der Waals surface area contributed by atoms with Crippen LogP contribution in [0.1, 0.15) is 30.0 Å². The van der Waals surface area contributed by atoms with Gasteiger partial charge in [-0.05, 0) is 24.3 Å². The summed E-state index contributed by atoms with van der Waals surface area (Å²) in [5.41, 5.74) is 3.37. The largest absolute Gasteiger partial charge is 0.390 e.